The van der Waals surface area contributed by atoms with Gasteiger partial charge in [0.1, 0.15) is 0 Å². The molecule has 0 bridgehead atoms. The number of hydrogen-bond donors (Lipinski definition) is 0. The van der Waals surface area contributed by atoms with Crippen LogP contribution in [0.2, 0.25) is 0 Å². The molecule has 0 heterocycles. The summed E-state index contributed by atoms with van der Waals surface area (Å²) in [5, 5.41) is 0. The standard InChI is InChI=1S/C16H18/c1-11-5-7-15(8-6-11)16-10-13(3)12(2)9-14(16)4/h5-10H,1-4H3. The van der Waals surface area contributed by atoms with E-state index in [1.54, 1.807) is 0 Å². The zero-order valence-electron chi connectivity index (χ0n) is 10.5. The maximum Gasteiger partial charge on any atom is -0.0152 e. The number of hydrogen-bond acceptors (Lipinski definition) is 0. The van der Waals surface area contributed by atoms with E-state index in [0.29, 0.717) is 0 Å². The minimum atomic E-state index is 1.31. The Labute approximate surface area is 97.9 Å². The summed E-state index contributed by atoms with van der Waals surface area (Å²) >= 11 is 0. The van der Waals surface area contributed by atoms with Gasteiger partial charge in [-0.2, -0.15) is 0 Å². The minimum Gasteiger partial charge on any atom is -0.0587 e. The number of benzene rings is 2. The first kappa shape index (κ1) is 10.9. The molecule has 0 saturated carbocycles. The smallest absolute Gasteiger partial charge is 0.0152 e. The van der Waals surface area contributed by atoms with Crippen molar-refractivity contribution in [2.45, 2.75) is 27.7 Å². The monoisotopic (exact) mass is 210 g/mol. The van der Waals surface area contributed by atoms with E-state index in [2.05, 4.69) is 64.1 Å². The minimum absolute atomic E-state index is 1.31. The Morgan fingerprint density at radius 3 is 1.81 bits per heavy atom. The van der Waals surface area contributed by atoms with E-state index in [9.17, 15) is 0 Å². The lowest BCUT2D eigenvalue weighted by Crippen LogP contribution is -1.88. The second-order valence-corrected chi connectivity index (χ2v) is 4.62. The van der Waals surface area contributed by atoms with Crippen molar-refractivity contribution in [3.63, 3.8) is 0 Å². The second kappa shape index (κ2) is 4.13. The SMILES string of the molecule is Cc1ccc(-c2cc(C)c(C)cc2C)cc1. The van der Waals surface area contributed by atoms with Gasteiger partial charge in [-0.15, -0.1) is 0 Å². The average Bonchev–Trinajstić information content (AvgIpc) is 2.25. The fourth-order valence-electron chi connectivity index (χ4n) is 2.00. The molecule has 0 N–H and O–H groups in total. The maximum atomic E-state index is 2.29. The highest BCUT2D eigenvalue weighted by Gasteiger charge is 2.03. The third kappa shape index (κ3) is 2.01. The van der Waals surface area contributed by atoms with E-state index >= 15 is 0 Å². The van der Waals surface area contributed by atoms with Gasteiger partial charge in [0.25, 0.3) is 0 Å². The van der Waals surface area contributed by atoms with E-state index in [1.165, 1.54) is 33.4 Å². The molecule has 0 aliphatic carbocycles. The molecule has 0 aromatic heterocycles. The zero-order chi connectivity index (χ0) is 11.7. The summed E-state index contributed by atoms with van der Waals surface area (Å²) in [4.78, 5) is 0. The molecule has 0 aliphatic rings. The molecule has 16 heavy (non-hydrogen) atoms. The van der Waals surface area contributed by atoms with Crippen LogP contribution < -0.4 is 0 Å². The summed E-state index contributed by atoms with van der Waals surface area (Å²) in [5.74, 6) is 0. The molecular formula is C16H18. The van der Waals surface area contributed by atoms with Crippen molar-refractivity contribution in [3.8, 4) is 11.1 Å². The van der Waals surface area contributed by atoms with Crippen LogP contribution in [-0.4, -0.2) is 0 Å². The van der Waals surface area contributed by atoms with E-state index < -0.39 is 0 Å². The molecule has 0 spiro atoms. The van der Waals surface area contributed by atoms with Crippen LogP contribution in [0.15, 0.2) is 36.4 Å². The molecule has 82 valence electrons. The summed E-state index contributed by atoms with van der Waals surface area (Å²) < 4.78 is 0. The van der Waals surface area contributed by atoms with Crippen molar-refractivity contribution in [3.05, 3.63) is 58.7 Å². The van der Waals surface area contributed by atoms with Gasteiger partial charge in [-0.3, -0.25) is 0 Å². The van der Waals surface area contributed by atoms with Gasteiger partial charge in [0.05, 0.1) is 0 Å². The Hall–Kier alpha value is -1.56. The Morgan fingerprint density at radius 1 is 0.625 bits per heavy atom. The Kier molecular flexibility index (Phi) is 2.82. The highest BCUT2D eigenvalue weighted by molar-refractivity contribution is 5.68. The summed E-state index contributed by atoms with van der Waals surface area (Å²) in [6, 6.07) is 13.3. The van der Waals surface area contributed by atoms with Crippen LogP contribution in [-0.2, 0) is 0 Å². The number of rotatable bonds is 1. The topological polar surface area (TPSA) is 0 Å². The Bertz CT molecular complexity index is 504. The van der Waals surface area contributed by atoms with E-state index in [4.69, 9.17) is 0 Å². The van der Waals surface area contributed by atoms with Crippen molar-refractivity contribution in [2.24, 2.45) is 0 Å². The molecule has 2 aromatic carbocycles. The molecule has 0 amide bonds. The van der Waals surface area contributed by atoms with Crippen LogP contribution in [0.3, 0.4) is 0 Å². The van der Waals surface area contributed by atoms with Crippen LogP contribution in [0.4, 0.5) is 0 Å². The largest absolute Gasteiger partial charge is 0.0587 e. The molecule has 0 saturated heterocycles. The molecule has 0 fully saturated rings. The van der Waals surface area contributed by atoms with Gasteiger partial charge in [0.2, 0.25) is 0 Å². The lowest BCUT2D eigenvalue weighted by atomic mass is 9.95. The molecule has 0 radical (unpaired) electrons. The first-order chi connectivity index (χ1) is 7.58. The van der Waals surface area contributed by atoms with E-state index in [-0.39, 0.29) is 0 Å². The fraction of sp³-hybridized carbons (Fsp3) is 0.250. The molecule has 0 heteroatoms. The highest BCUT2D eigenvalue weighted by atomic mass is 14.1. The van der Waals surface area contributed by atoms with Crippen molar-refractivity contribution >= 4 is 0 Å². The van der Waals surface area contributed by atoms with Gasteiger partial charge in [-0.05, 0) is 55.5 Å². The molecule has 0 aliphatic heterocycles. The average molecular weight is 210 g/mol. The van der Waals surface area contributed by atoms with Crippen LogP contribution >= 0.6 is 0 Å². The van der Waals surface area contributed by atoms with Crippen LogP contribution in [0, 0.1) is 27.7 Å². The Balaban J connectivity index is 2.56. The summed E-state index contributed by atoms with van der Waals surface area (Å²) in [6.45, 7) is 8.65. The normalized spacial score (nSPS) is 10.5. The second-order valence-electron chi connectivity index (χ2n) is 4.62. The van der Waals surface area contributed by atoms with Gasteiger partial charge in [0.15, 0.2) is 0 Å². The molecule has 0 atom stereocenters. The third-order valence-corrected chi connectivity index (χ3v) is 3.20. The van der Waals surface area contributed by atoms with Gasteiger partial charge >= 0.3 is 0 Å². The van der Waals surface area contributed by atoms with Gasteiger partial charge in [-0.25, -0.2) is 0 Å². The van der Waals surface area contributed by atoms with Crippen molar-refractivity contribution in [1.82, 2.24) is 0 Å². The van der Waals surface area contributed by atoms with Crippen LogP contribution in [0.1, 0.15) is 22.3 Å². The lowest BCUT2D eigenvalue weighted by Gasteiger charge is -2.10. The van der Waals surface area contributed by atoms with E-state index in [1.807, 2.05) is 0 Å². The predicted molar refractivity (Wildman–Crippen MR) is 70.8 cm³/mol. The highest BCUT2D eigenvalue weighted by Crippen LogP contribution is 2.26. The van der Waals surface area contributed by atoms with Crippen LogP contribution in [0.25, 0.3) is 11.1 Å². The molecule has 2 rings (SSSR count). The molecule has 0 unspecified atom stereocenters. The van der Waals surface area contributed by atoms with E-state index in [0.717, 1.165) is 0 Å². The van der Waals surface area contributed by atoms with Crippen LogP contribution in [0.5, 0.6) is 0 Å². The zero-order valence-corrected chi connectivity index (χ0v) is 10.5. The third-order valence-electron chi connectivity index (χ3n) is 3.20. The fourth-order valence-corrected chi connectivity index (χ4v) is 2.00. The molecule has 0 nitrogen and oxygen atoms in total. The lowest BCUT2D eigenvalue weighted by molar-refractivity contribution is 1.30. The quantitative estimate of drug-likeness (QED) is 0.646. The molecule has 2 aromatic rings. The molecular weight excluding hydrogens is 192 g/mol. The summed E-state index contributed by atoms with van der Waals surface area (Å²) in [7, 11) is 0. The number of aryl methyl sites for hydroxylation is 4. The summed E-state index contributed by atoms with van der Waals surface area (Å²) in [6.07, 6.45) is 0. The van der Waals surface area contributed by atoms with Gasteiger partial charge in [0, 0.05) is 0 Å². The van der Waals surface area contributed by atoms with Gasteiger partial charge in [-0.1, -0.05) is 42.0 Å². The predicted octanol–water partition coefficient (Wildman–Crippen LogP) is 4.59. The maximum absolute atomic E-state index is 2.29. The van der Waals surface area contributed by atoms with Gasteiger partial charge < -0.3 is 0 Å². The van der Waals surface area contributed by atoms with Crippen molar-refractivity contribution < 1.29 is 0 Å². The summed E-state index contributed by atoms with van der Waals surface area (Å²) in [5.41, 5.74) is 8.06. The first-order valence-electron chi connectivity index (χ1n) is 5.73. The van der Waals surface area contributed by atoms with Crippen molar-refractivity contribution in [2.75, 3.05) is 0 Å². The first-order valence-corrected chi connectivity index (χ1v) is 5.73. The Morgan fingerprint density at radius 2 is 1.19 bits per heavy atom. The van der Waals surface area contributed by atoms with Crippen molar-refractivity contribution in [1.29, 1.82) is 0 Å².